The van der Waals surface area contributed by atoms with Gasteiger partial charge in [0.1, 0.15) is 11.6 Å². The highest BCUT2D eigenvalue weighted by molar-refractivity contribution is 5.84. The van der Waals surface area contributed by atoms with Gasteiger partial charge in [0, 0.05) is 42.9 Å². The van der Waals surface area contributed by atoms with E-state index in [1.54, 1.807) is 7.11 Å². The van der Waals surface area contributed by atoms with Gasteiger partial charge in [-0.05, 0) is 32.6 Å². The number of nitrogens with zero attached hydrogens (tertiary/aromatic N) is 6. The standard InChI is InChI=1S/C21H26N8O/c1-13-8-20(27-26-13)24-19-11-18(30-2)17-12-23-29(21(17)25-19)16-9-14-4-5-15(10-16)28(14)7-3-6-22/h8,11-12,14-16H,3-5,7,9-10H2,1-2H3,(H2,24,25,26,27)/t14-,15+,16?. The van der Waals surface area contributed by atoms with E-state index in [1.165, 1.54) is 12.8 Å². The maximum absolute atomic E-state index is 8.97. The zero-order chi connectivity index (χ0) is 20.7. The molecule has 5 heterocycles. The number of ether oxygens (including phenoxy) is 1. The van der Waals surface area contributed by atoms with Crippen LogP contribution in [0.4, 0.5) is 11.6 Å². The van der Waals surface area contributed by atoms with Crippen molar-refractivity contribution >= 4 is 22.7 Å². The molecule has 0 saturated carbocycles. The van der Waals surface area contributed by atoms with Gasteiger partial charge in [0.15, 0.2) is 11.5 Å². The van der Waals surface area contributed by atoms with Gasteiger partial charge in [0.2, 0.25) is 0 Å². The third-order valence-electron chi connectivity index (χ3n) is 6.40. The number of aromatic nitrogens is 5. The number of fused-ring (bicyclic) bond motifs is 3. The summed E-state index contributed by atoms with van der Waals surface area (Å²) in [6.07, 6.45) is 6.94. The van der Waals surface area contributed by atoms with Crippen molar-refractivity contribution in [3.8, 4) is 11.8 Å². The summed E-state index contributed by atoms with van der Waals surface area (Å²) in [7, 11) is 1.67. The fraction of sp³-hybridized carbons (Fsp3) is 0.524. The van der Waals surface area contributed by atoms with Gasteiger partial charge in [0.05, 0.1) is 30.8 Å². The summed E-state index contributed by atoms with van der Waals surface area (Å²) < 4.78 is 7.70. The number of piperidine rings is 1. The Bertz CT molecular complexity index is 1080. The van der Waals surface area contributed by atoms with Crippen molar-refractivity contribution in [1.29, 1.82) is 5.26 Å². The molecule has 2 bridgehead atoms. The maximum atomic E-state index is 8.97. The Morgan fingerprint density at radius 2 is 2.03 bits per heavy atom. The molecule has 30 heavy (non-hydrogen) atoms. The monoisotopic (exact) mass is 406 g/mol. The number of hydrogen-bond acceptors (Lipinski definition) is 7. The molecule has 0 amide bonds. The molecule has 3 atom stereocenters. The first-order valence-electron chi connectivity index (χ1n) is 10.5. The first-order valence-corrected chi connectivity index (χ1v) is 10.5. The number of nitrogens with one attached hydrogen (secondary N) is 2. The Kier molecular flexibility index (Phi) is 4.79. The van der Waals surface area contributed by atoms with E-state index < -0.39 is 0 Å². The van der Waals surface area contributed by atoms with E-state index in [1.807, 2.05) is 25.3 Å². The predicted octanol–water partition coefficient (Wildman–Crippen LogP) is 3.30. The summed E-state index contributed by atoms with van der Waals surface area (Å²) in [5.41, 5.74) is 1.81. The van der Waals surface area contributed by atoms with Crippen molar-refractivity contribution in [2.24, 2.45) is 0 Å². The third kappa shape index (κ3) is 3.27. The third-order valence-corrected chi connectivity index (χ3v) is 6.40. The van der Waals surface area contributed by atoms with Crippen molar-refractivity contribution in [3.63, 3.8) is 0 Å². The van der Waals surface area contributed by atoms with E-state index in [4.69, 9.17) is 20.1 Å². The van der Waals surface area contributed by atoms with Crippen LogP contribution in [0, 0.1) is 18.3 Å². The van der Waals surface area contributed by atoms with Crippen molar-refractivity contribution in [2.75, 3.05) is 19.0 Å². The molecule has 3 aromatic heterocycles. The Morgan fingerprint density at radius 3 is 2.70 bits per heavy atom. The number of H-pyrrole nitrogens is 1. The molecule has 9 heteroatoms. The van der Waals surface area contributed by atoms with Crippen LogP contribution in [0.25, 0.3) is 11.0 Å². The van der Waals surface area contributed by atoms with E-state index in [-0.39, 0.29) is 0 Å². The minimum Gasteiger partial charge on any atom is -0.496 e. The van der Waals surface area contributed by atoms with Crippen LogP contribution in [-0.2, 0) is 0 Å². The van der Waals surface area contributed by atoms with E-state index in [2.05, 4.69) is 31.2 Å². The Morgan fingerprint density at radius 1 is 1.23 bits per heavy atom. The van der Waals surface area contributed by atoms with E-state index >= 15 is 0 Å². The van der Waals surface area contributed by atoms with Gasteiger partial charge in [-0.3, -0.25) is 10.00 Å². The summed E-state index contributed by atoms with van der Waals surface area (Å²) >= 11 is 0. The lowest BCUT2D eigenvalue weighted by molar-refractivity contribution is 0.106. The number of aryl methyl sites for hydroxylation is 1. The van der Waals surface area contributed by atoms with Crippen molar-refractivity contribution in [3.05, 3.63) is 24.0 Å². The molecule has 2 aliphatic rings. The zero-order valence-corrected chi connectivity index (χ0v) is 17.3. The first-order chi connectivity index (χ1) is 14.7. The highest BCUT2D eigenvalue weighted by Crippen LogP contribution is 2.42. The van der Waals surface area contributed by atoms with Crippen molar-refractivity contribution in [1.82, 2.24) is 29.9 Å². The molecule has 2 fully saturated rings. The minimum absolute atomic E-state index is 0.304. The second-order valence-corrected chi connectivity index (χ2v) is 8.25. The lowest BCUT2D eigenvalue weighted by Crippen LogP contribution is -2.43. The molecule has 5 rings (SSSR count). The van der Waals surface area contributed by atoms with Gasteiger partial charge in [-0.1, -0.05) is 0 Å². The van der Waals surface area contributed by atoms with E-state index in [9.17, 15) is 0 Å². The molecule has 3 aromatic rings. The van der Waals surface area contributed by atoms with Gasteiger partial charge in [-0.15, -0.1) is 0 Å². The summed E-state index contributed by atoms with van der Waals surface area (Å²) in [6, 6.07) is 7.46. The normalized spacial score (nSPS) is 23.6. The average molecular weight is 406 g/mol. The SMILES string of the molecule is COc1cc(Nc2cc(C)[nH]n2)nc2c1cnn2C1C[C@H]2CC[C@@H](C1)N2CCC#N. The fourth-order valence-corrected chi connectivity index (χ4v) is 5.09. The Labute approximate surface area is 175 Å². The quantitative estimate of drug-likeness (QED) is 0.647. The number of rotatable bonds is 6. The second kappa shape index (κ2) is 7.61. The van der Waals surface area contributed by atoms with Crippen LogP contribution < -0.4 is 10.1 Å². The molecule has 2 saturated heterocycles. The number of aromatic amines is 1. The molecule has 1 unspecified atom stereocenters. The number of hydrogen-bond donors (Lipinski definition) is 2. The molecule has 2 N–H and O–H groups in total. The number of methoxy groups -OCH3 is 1. The molecule has 156 valence electrons. The molecule has 2 aliphatic heterocycles. The van der Waals surface area contributed by atoms with Crippen LogP contribution in [-0.4, -0.2) is 55.6 Å². The molecular formula is C21H26N8O. The summed E-state index contributed by atoms with van der Waals surface area (Å²) in [5.74, 6) is 2.15. The van der Waals surface area contributed by atoms with Gasteiger partial charge < -0.3 is 10.1 Å². The molecule has 0 aromatic carbocycles. The van der Waals surface area contributed by atoms with Crippen molar-refractivity contribution < 1.29 is 4.74 Å². The van der Waals surface area contributed by atoms with E-state index in [0.29, 0.717) is 30.4 Å². The highest BCUT2D eigenvalue weighted by atomic mass is 16.5. The lowest BCUT2D eigenvalue weighted by atomic mass is 9.97. The van der Waals surface area contributed by atoms with Crippen LogP contribution >= 0.6 is 0 Å². The second-order valence-electron chi connectivity index (χ2n) is 8.25. The fourth-order valence-electron chi connectivity index (χ4n) is 5.09. The van der Waals surface area contributed by atoms with Crippen LogP contribution in [0.2, 0.25) is 0 Å². The Balaban J connectivity index is 1.45. The summed E-state index contributed by atoms with van der Waals surface area (Å²) in [6.45, 7) is 2.84. The molecule has 0 spiro atoms. The molecule has 0 aliphatic carbocycles. The number of pyridine rings is 1. The minimum atomic E-state index is 0.304. The van der Waals surface area contributed by atoms with Gasteiger partial charge in [0.25, 0.3) is 0 Å². The zero-order valence-electron chi connectivity index (χ0n) is 17.3. The predicted molar refractivity (Wildman–Crippen MR) is 113 cm³/mol. The van der Waals surface area contributed by atoms with Crippen molar-refractivity contribution in [2.45, 2.75) is 57.2 Å². The van der Waals surface area contributed by atoms with Gasteiger partial charge >= 0.3 is 0 Å². The van der Waals surface area contributed by atoms with Gasteiger partial charge in [-0.25, -0.2) is 9.67 Å². The lowest BCUT2D eigenvalue weighted by Gasteiger charge is -2.38. The number of nitriles is 1. The molecular weight excluding hydrogens is 380 g/mol. The topological polar surface area (TPSA) is 108 Å². The van der Waals surface area contributed by atoms with Crippen LogP contribution in [0.5, 0.6) is 5.75 Å². The smallest absolute Gasteiger partial charge is 0.164 e. The first kappa shape index (κ1) is 18.9. The summed E-state index contributed by atoms with van der Waals surface area (Å²) in [4.78, 5) is 7.40. The molecule has 9 nitrogen and oxygen atoms in total. The summed E-state index contributed by atoms with van der Waals surface area (Å²) in [5, 5.41) is 25.0. The van der Waals surface area contributed by atoms with Gasteiger partial charge in [-0.2, -0.15) is 15.5 Å². The molecule has 0 radical (unpaired) electrons. The maximum Gasteiger partial charge on any atom is 0.164 e. The number of anilines is 2. The van der Waals surface area contributed by atoms with Crippen LogP contribution in [0.1, 0.15) is 43.8 Å². The average Bonchev–Trinajstić information content (AvgIpc) is 3.41. The Hall–Kier alpha value is -3.12. The highest BCUT2D eigenvalue weighted by Gasteiger charge is 2.41. The van der Waals surface area contributed by atoms with Crippen LogP contribution in [0.3, 0.4) is 0 Å². The van der Waals surface area contributed by atoms with Crippen LogP contribution in [0.15, 0.2) is 18.3 Å². The van der Waals surface area contributed by atoms with E-state index in [0.717, 1.165) is 47.7 Å². The largest absolute Gasteiger partial charge is 0.496 e.